The summed E-state index contributed by atoms with van der Waals surface area (Å²) in [5.41, 5.74) is 6.29. The van der Waals surface area contributed by atoms with Gasteiger partial charge in [0.15, 0.2) is 0 Å². The largest absolute Gasteiger partial charge is 0.457 e. The molecule has 3 heterocycles. The topological polar surface area (TPSA) is 84.7 Å². The Kier molecular flexibility index (Phi) is 4.81. The number of nitrogens with zero attached hydrogens (tertiary/aromatic N) is 1. The summed E-state index contributed by atoms with van der Waals surface area (Å²) in [6, 6.07) is 13.9. The lowest BCUT2D eigenvalue weighted by molar-refractivity contribution is 0.0620. The van der Waals surface area contributed by atoms with Gasteiger partial charge in [0.05, 0.1) is 0 Å². The molecule has 3 aliphatic heterocycles. The lowest BCUT2D eigenvalue weighted by Crippen LogP contribution is -2.57. The summed E-state index contributed by atoms with van der Waals surface area (Å²) in [5.74, 6) is 1.17. The molecule has 2 aromatic rings. The third kappa shape index (κ3) is 3.95. The molecule has 2 aromatic carbocycles. The van der Waals surface area contributed by atoms with E-state index < -0.39 is 5.91 Å². The van der Waals surface area contributed by atoms with Gasteiger partial charge in [-0.15, -0.1) is 0 Å². The van der Waals surface area contributed by atoms with Gasteiger partial charge in [-0.25, -0.2) is 0 Å². The molecule has 2 amide bonds. The van der Waals surface area contributed by atoms with Crippen molar-refractivity contribution < 1.29 is 14.3 Å². The van der Waals surface area contributed by atoms with E-state index in [1.54, 1.807) is 48.5 Å². The van der Waals surface area contributed by atoms with E-state index in [-0.39, 0.29) is 11.9 Å². The standard InChI is InChI=1S/C21H23N3O3/c22-20(25)16-2-1-3-18(12-16)27-17-6-4-15(5-7-17)21(26)23-19-13-24-10-8-14(19)9-11-24/h1-7,12,14,19H,8-11,13H2,(H2,22,25)(H,23,26). The Morgan fingerprint density at radius 3 is 2.37 bits per heavy atom. The fourth-order valence-electron chi connectivity index (χ4n) is 3.90. The van der Waals surface area contributed by atoms with Gasteiger partial charge in [-0.1, -0.05) is 6.07 Å². The number of carbonyl (C=O) groups excluding carboxylic acids is 2. The van der Waals surface area contributed by atoms with Gasteiger partial charge in [0, 0.05) is 23.7 Å². The molecule has 5 rings (SSSR count). The molecule has 3 fully saturated rings. The number of piperidine rings is 3. The average molecular weight is 365 g/mol. The Balaban J connectivity index is 1.39. The number of carbonyl (C=O) groups is 2. The van der Waals surface area contributed by atoms with Crippen molar-refractivity contribution >= 4 is 11.8 Å². The minimum absolute atomic E-state index is 0.0453. The van der Waals surface area contributed by atoms with Gasteiger partial charge in [-0.2, -0.15) is 0 Å². The van der Waals surface area contributed by atoms with Crippen LogP contribution in [0.4, 0.5) is 0 Å². The summed E-state index contributed by atoms with van der Waals surface area (Å²) in [7, 11) is 0. The number of fused-ring (bicyclic) bond motifs is 3. The summed E-state index contributed by atoms with van der Waals surface area (Å²) in [6.45, 7) is 3.26. The van der Waals surface area contributed by atoms with Crippen LogP contribution in [0, 0.1) is 5.92 Å². The predicted molar refractivity (Wildman–Crippen MR) is 102 cm³/mol. The lowest BCUT2D eigenvalue weighted by atomic mass is 9.84. The van der Waals surface area contributed by atoms with Crippen LogP contribution in [0.15, 0.2) is 48.5 Å². The average Bonchev–Trinajstić information content (AvgIpc) is 2.69. The van der Waals surface area contributed by atoms with Gasteiger partial charge in [-0.3, -0.25) is 9.59 Å². The zero-order chi connectivity index (χ0) is 18.8. The Morgan fingerprint density at radius 2 is 1.74 bits per heavy atom. The van der Waals surface area contributed by atoms with Crippen molar-refractivity contribution in [2.45, 2.75) is 18.9 Å². The fourth-order valence-corrected chi connectivity index (χ4v) is 3.90. The molecule has 0 saturated carbocycles. The van der Waals surface area contributed by atoms with Crippen LogP contribution in [0.25, 0.3) is 0 Å². The van der Waals surface area contributed by atoms with Crippen LogP contribution in [0.1, 0.15) is 33.6 Å². The van der Waals surface area contributed by atoms with Crippen molar-refractivity contribution in [2.24, 2.45) is 11.7 Å². The minimum atomic E-state index is -0.500. The normalized spacial score (nSPS) is 23.6. The molecule has 140 valence electrons. The second-order valence-corrected chi connectivity index (χ2v) is 7.24. The number of primary amides is 1. The molecule has 1 unspecified atom stereocenters. The van der Waals surface area contributed by atoms with Crippen LogP contribution in [-0.2, 0) is 0 Å². The quantitative estimate of drug-likeness (QED) is 0.852. The van der Waals surface area contributed by atoms with Crippen molar-refractivity contribution in [1.82, 2.24) is 10.2 Å². The van der Waals surface area contributed by atoms with Crippen molar-refractivity contribution in [2.75, 3.05) is 19.6 Å². The zero-order valence-corrected chi connectivity index (χ0v) is 15.1. The van der Waals surface area contributed by atoms with Crippen LogP contribution < -0.4 is 15.8 Å². The van der Waals surface area contributed by atoms with E-state index in [0.29, 0.717) is 28.5 Å². The first-order chi connectivity index (χ1) is 13.1. The monoisotopic (exact) mass is 365 g/mol. The maximum Gasteiger partial charge on any atom is 0.251 e. The van der Waals surface area contributed by atoms with E-state index in [1.807, 2.05) is 0 Å². The van der Waals surface area contributed by atoms with E-state index in [0.717, 1.165) is 19.6 Å². The SMILES string of the molecule is NC(=O)c1cccc(Oc2ccc(C(=O)NC3CN4CCC3CC4)cc2)c1. The highest BCUT2D eigenvalue weighted by Gasteiger charge is 2.34. The van der Waals surface area contributed by atoms with Crippen molar-refractivity contribution in [3.05, 3.63) is 59.7 Å². The number of nitrogens with one attached hydrogen (secondary N) is 1. The first-order valence-corrected chi connectivity index (χ1v) is 9.29. The van der Waals surface area contributed by atoms with Crippen molar-refractivity contribution in [3.8, 4) is 11.5 Å². The molecule has 6 heteroatoms. The smallest absolute Gasteiger partial charge is 0.251 e. The summed E-state index contributed by atoms with van der Waals surface area (Å²) < 4.78 is 5.75. The van der Waals surface area contributed by atoms with E-state index in [9.17, 15) is 9.59 Å². The number of ether oxygens (including phenoxy) is 1. The maximum absolute atomic E-state index is 12.6. The van der Waals surface area contributed by atoms with Gasteiger partial charge < -0.3 is 20.7 Å². The summed E-state index contributed by atoms with van der Waals surface area (Å²) in [6.07, 6.45) is 2.34. The number of hydrogen-bond donors (Lipinski definition) is 2. The van der Waals surface area contributed by atoms with Crippen molar-refractivity contribution in [1.29, 1.82) is 0 Å². The molecule has 6 nitrogen and oxygen atoms in total. The van der Waals surface area contributed by atoms with Crippen LogP contribution >= 0.6 is 0 Å². The first-order valence-electron chi connectivity index (χ1n) is 9.29. The number of benzene rings is 2. The van der Waals surface area contributed by atoms with Gasteiger partial charge in [0.25, 0.3) is 5.91 Å². The van der Waals surface area contributed by atoms with Crippen molar-refractivity contribution in [3.63, 3.8) is 0 Å². The molecule has 3 aliphatic rings. The molecular weight excluding hydrogens is 342 g/mol. The number of hydrogen-bond acceptors (Lipinski definition) is 4. The van der Waals surface area contributed by atoms with Gasteiger partial charge >= 0.3 is 0 Å². The van der Waals surface area contributed by atoms with E-state index in [4.69, 9.17) is 10.5 Å². The Hall–Kier alpha value is -2.86. The first kappa shape index (κ1) is 17.5. The highest BCUT2D eigenvalue weighted by atomic mass is 16.5. The van der Waals surface area contributed by atoms with Gasteiger partial charge in [0.2, 0.25) is 5.91 Å². The summed E-state index contributed by atoms with van der Waals surface area (Å²) in [5, 5.41) is 3.18. The molecule has 0 aromatic heterocycles. The van der Waals surface area contributed by atoms with Gasteiger partial charge in [0.1, 0.15) is 11.5 Å². The fraction of sp³-hybridized carbons (Fsp3) is 0.333. The maximum atomic E-state index is 12.6. The van der Waals surface area contributed by atoms with Crippen LogP contribution in [-0.4, -0.2) is 42.4 Å². The van der Waals surface area contributed by atoms with E-state index >= 15 is 0 Å². The highest BCUT2D eigenvalue weighted by Crippen LogP contribution is 2.28. The molecule has 27 heavy (non-hydrogen) atoms. The zero-order valence-electron chi connectivity index (χ0n) is 15.1. The number of rotatable bonds is 5. The number of nitrogens with two attached hydrogens (primary N) is 1. The molecule has 1 atom stereocenters. The van der Waals surface area contributed by atoms with E-state index in [1.165, 1.54) is 12.8 Å². The molecule has 3 saturated heterocycles. The Bertz CT molecular complexity index is 842. The summed E-state index contributed by atoms with van der Waals surface area (Å²) in [4.78, 5) is 26.2. The van der Waals surface area contributed by atoms with Crippen LogP contribution in [0.3, 0.4) is 0 Å². The number of amides is 2. The van der Waals surface area contributed by atoms with Crippen LogP contribution in [0.2, 0.25) is 0 Å². The molecule has 2 bridgehead atoms. The molecule has 0 spiro atoms. The lowest BCUT2D eigenvalue weighted by Gasteiger charge is -2.44. The molecular formula is C21H23N3O3. The predicted octanol–water partition coefficient (Wildman–Crippen LogP) is 2.40. The molecule has 3 N–H and O–H groups in total. The second kappa shape index (κ2) is 7.40. The van der Waals surface area contributed by atoms with Crippen LogP contribution in [0.5, 0.6) is 11.5 Å². The second-order valence-electron chi connectivity index (χ2n) is 7.24. The third-order valence-corrected chi connectivity index (χ3v) is 5.44. The molecule has 0 radical (unpaired) electrons. The third-order valence-electron chi connectivity index (χ3n) is 5.44. The Labute approximate surface area is 158 Å². The van der Waals surface area contributed by atoms with E-state index in [2.05, 4.69) is 10.2 Å². The highest BCUT2D eigenvalue weighted by molar-refractivity contribution is 5.94. The minimum Gasteiger partial charge on any atom is -0.457 e. The Morgan fingerprint density at radius 1 is 1.00 bits per heavy atom. The molecule has 0 aliphatic carbocycles. The summed E-state index contributed by atoms with van der Waals surface area (Å²) >= 11 is 0. The van der Waals surface area contributed by atoms with Gasteiger partial charge in [-0.05, 0) is 74.3 Å².